The highest BCUT2D eigenvalue weighted by Gasteiger charge is 2.23. The lowest BCUT2D eigenvalue weighted by Crippen LogP contribution is -2.42. The van der Waals surface area contributed by atoms with Crippen LogP contribution in [0.5, 0.6) is 0 Å². The Morgan fingerprint density at radius 1 is 1.38 bits per heavy atom. The maximum atomic E-state index is 11.7. The summed E-state index contributed by atoms with van der Waals surface area (Å²) in [7, 11) is 4.05. The molecule has 0 atom stereocenters. The van der Waals surface area contributed by atoms with Crippen molar-refractivity contribution in [2.75, 3.05) is 27.2 Å². The Kier molecular flexibility index (Phi) is 4.94. The van der Waals surface area contributed by atoms with Gasteiger partial charge < -0.3 is 9.22 Å². The van der Waals surface area contributed by atoms with Gasteiger partial charge in [-0.05, 0) is 26.8 Å². The number of esters is 1. The second kappa shape index (κ2) is 5.30. The summed E-state index contributed by atoms with van der Waals surface area (Å²) >= 11 is 0. The monoisotopic (exact) mass is 226 g/mol. The van der Waals surface area contributed by atoms with Crippen molar-refractivity contribution in [1.82, 2.24) is 0 Å². The van der Waals surface area contributed by atoms with Crippen LogP contribution in [0.2, 0.25) is 0 Å². The van der Waals surface area contributed by atoms with Crippen LogP contribution >= 0.6 is 0 Å². The largest absolute Gasteiger partial charge is 0.456 e. The van der Waals surface area contributed by atoms with Crippen molar-refractivity contribution in [3.63, 3.8) is 0 Å². The molecule has 3 heteroatoms. The zero-order valence-electron chi connectivity index (χ0n) is 11.2. The highest BCUT2D eigenvalue weighted by molar-refractivity contribution is 5.88. The van der Waals surface area contributed by atoms with Crippen LogP contribution in [0.25, 0.3) is 0 Å². The van der Waals surface area contributed by atoms with Gasteiger partial charge in [0.05, 0.1) is 26.2 Å². The van der Waals surface area contributed by atoms with Gasteiger partial charge in [0.1, 0.15) is 12.1 Å². The molecule has 0 aromatic rings. The Hall–Kier alpha value is -1.09. The molecule has 3 nitrogen and oxygen atoms in total. The zero-order chi connectivity index (χ0) is 13.0. The average molecular weight is 226 g/mol. The van der Waals surface area contributed by atoms with Crippen LogP contribution in [-0.2, 0) is 9.53 Å². The number of carbonyl (C=O) groups excluding carboxylic acids is 1. The Bertz CT molecular complexity index is 285. The number of carbonyl (C=O) groups is 1. The van der Waals surface area contributed by atoms with E-state index < -0.39 is 5.60 Å². The first-order valence-electron chi connectivity index (χ1n) is 5.41. The van der Waals surface area contributed by atoms with Gasteiger partial charge in [-0.3, -0.25) is 0 Å². The van der Waals surface area contributed by atoms with Crippen molar-refractivity contribution < 1.29 is 14.0 Å². The number of likely N-dealkylation sites (N-methyl/N-ethyl adjacent to an activating group) is 1. The molecule has 0 radical (unpaired) electrons. The molecular weight excluding hydrogens is 202 g/mol. The van der Waals surface area contributed by atoms with E-state index in [1.165, 1.54) is 0 Å². The van der Waals surface area contributed by atoms with E-state index in [1.54, 1.807) is 0 Å². The number of quaternary nitrogens is 1. The first-order valence-corrected chi connectivity index (χ1v) is 5.41. The van der Waals surface area contributed by atoms with E-state index in [1.807, 2.05) is 40.9 Å². The molecule has 0 aliphatic heterocycles. The van der Waals surface area contributed by atoms with Gasteiger partial charge in [0.2, 0.25) is 0 Å². The summed E-state index contributed by atoms with van der Waals surface area (Å²) in [5.74, 6) is -0.317. The summed E-state index contributed by atoms with van der Waals surface area (Å²) in [6.45, 7) is 14.4. The molecule has 0 spiro atoms. The van der Waals surface area contributed by atoms with Gasteiger partial charge >= 0.3 is 5.97 Å². The minimum atomic E-state index is -0.463. The maximum absolute atomic E-state index is 11.7. The molecule has 0 bridgehead atoms. The van der Waals surface area contributed by atoms with Gasteiger partial charge in [-0.15, -0.1) is 0 Å². The smallest absolute Gasteiger partial charge is 0.339 e. The number of rotatable bonds is 5. The molecule has 0 rings (SSSR count). The molecule has 0 saturated heterocycles. The summed E-state index contributed by atoms with van der Waals surface area (Å²) in [6.07, 6.45) is 1.84. The van der Waals surface area contributed by atoms with E-state index in [4.69, 9.17) is 4.74 Å². The third kappa shape index (κ3) is 6.40. The molecular formula is C13H24NO2+. The van der Waals surface area contributed by atoms with Gasteiger partial charge in [-0.25, -0.2) is 4.79 Å². The molecule has 0 amide bonds. The maximum Gasteiger partial charge on any atom is 0.339 e. The zero-order valence-corrected chi connectivity index (χ0v) is 11.2. The Balaban J connectivity index is 4.37. The quantitative estimate of drug-likeness (QED) is 0.311. The van der Waals surface area contributed by atoms with Crippen molar-refractivity contribution >= 4 is 5.97 Å². The van der Waals surface area contributed by atoms with Gasteiger partial charge in [0, 0.05) is 0 Å². The van der Waals surface area contributed by atoms with Crippen LogP contribution in [-0.4, -0.2) is 43.2 Å². The Labute approximate surface area is 99.0 Å². The van der Waals surface area contributed by atoms with Crippen LogP contribution in [0.1, 0.15) is 20.8 Å². The number of hydrogen-bond donors (Lipinski definition) is 0. The van der Waals surface area contributed by atoms with E-state index in [0.29, 0.717) is 16.6 Å². The fraction of sp³-hybridized carbons (Fsp3) is 0.615. The van der Waals surface area contributed by atoms with Crippen LogP contribution in [0.3, 0.4) is 0 Å². The van der Waals surface area contributed by atoms with Crippen molar-refractivity contribution in [3.8, 4) is 0 Å². The van der Waals surface area contributed by atoms with Crippen LogP contribution in [0.4, 0.5) is 0 Å². The van der Waals surface area contributed by atoms with Crippen molar-refractivity contribution in [2.45, 2.75) is 26.4 Å². The summed E-state index contributed by atoms with van der Waals surface area (Å²) in [4.78, 5) is 11.7. The molecule has 92 valence electrons. The topological polar surface area (TPSA) is 26.3 Å². The minimum absolute atomic E-state index is 0.317. The van der Waals surface area contributed by atoms with Crippen LogP contribution in [0, 0.1) is 0 Å². The van der Waals surface area contributed by atoms with Crippen molar-refractivity contribution in [2.24, 2.45) is 0 Å². The van der Waals surface area contributed by atoms with Gasteiger partial charge in [0.15, 0.2) is 0 Å². The first-order chi connectivity index (χ1) is 7.07. The molecule has 0 saturated carbocycles. The summed E-state index contributed by atoms with van der Waals surface area (Å²) in [6, 6.07) is 0. The molecule has 0 unspecified atom stereocenters. The third-order valence-corrected chi connectivity index (χ3v) is 1.93. The van der Waals surface area contributed by atoms with Gasteiger partial charge in [0.25, 0.3) is 0 Å². The highest BCUT2D eigenvalue weighted by atomic mass is 16.6. The van der Waals surface area contributed by atoms with Gasteiger partial charge in [-0.2, -0.15) is 0 Å². The normalized spacial score (nSPS) is 12.1. The van der Waals surface area contributed by atoms with Crippen LogP contribution < -0.4 is 0 Å². The predicted octanol–water partition coefficient (Wildman–Crippen LogP) is 2.15. The molecule has 0 N–H and O–H groups in total. The lowest BCUT2D eigenvalue weighted by atomic mass is 10.2. The average Bonchev–Trinajstić information content (AvgIpc) is 1.99. The molecule has 0 fully saturated rings. The van der Waals surface area contributed by atoms with E-state index in [9.17, 15) is 4.79 Å². The number of nitrogens with zero attached hydrogens (tertiary/aromatic N) is 1. The minimum Gasteiger partial charge on any atom is -0.456 e. The van der Waals surface area contributed by atoms with Gasteiger partial charge in [-0.1, -0.05) is 13.2 Å². The third-order valence-electron chi connectivity index (χ3n) is 1.93. The second-order valence-electron chi connectivity index (χ2n) is 5.67. The Morgan fingerprint density at radius 2 is 1.88 bits per heavy atom. The highest BCUT2D eigenvalue weighted by Crippen LogP contribution is 2.12. The first kappa shape index (κ1) is 14.9. The van der Waals surface area contributed by atoms with E-state index in [-0.39, 0.29) is 5.97 Å². The molecule has 0 heterocycles. The van der Waals surface area contributed by atoms with Crippen molar-refractivity contribution in [3.05, 3.63) is 24.8 Å². The standard InChI is InChI=1S/C13H24NO2/c1-8-9-14(6,7)10-11(2)12(15)16-13(3,4)5/h8H,1-2,9-10H2,3-7H3/q+1. The van der Waals surface area contributed by atoms with Crippen molar-refractivity contribution in [1.29, 1.82) is 0 Å². The summed E-state index contributed by atoms with van der Waals surface area (Å²) < 4.78 is 5.90. The molecule has 0 aliphatic rings. The molecule has 0 aliphatic carbocycles. The van der Waals surface area contributed by atoms with E-state index in [0.717, 1.165) is 6.54 Å². The lowest BCUT2D eigenvalue weighted by molar-refractivity contribution is -0.879. The summed E-state index contributed by atoms with van der Waals surface area (Å²) in [5.41, 5.74) is 0.0389. The fourth-order valence-electron chi connectivity index (χ4n) is 1.35. The molecule has 0 aromatic heterocycles. The predicted molar refractivity (Wildman–Crippen MR) is 67.0 cm³/mol. The molecule has 16 heavy (non-hydrogen) atoms. The molecule has 0 aromatic carbocycles. The number of hydrogen-bond acceptors (Lipinski definition) is 2. The SMILES string of the molecule is C=CC[N+](C)(C)CC(=C)C(=O)OC(C)(C)C. The second-order valence-corrected chi connectivity index (χ2v) is 5.67. The Morgan fingerprint density at radius 3 is 2.25 bits per heavy atom. The number of ether oxygens (including phenoxy) is 1. The van der Waals surface area contributed by atoms with Crippen LogP contribution in [0.15, 0.2) is 24.8 Å². The summed E-state index contributed by atoms with van der Waals surface area (Å²) in [5, 5.41) is 0. The fourth-order valence-corrected chi connectivity index (χ4v) is 1.35. The van der Waals surface area contributed by atoms with E-state index >= 15 is 0 Å². The van der Waals surface area contributed by atoms with E-state index in [2.05, 4.69) is 13.2 Å². The lowest BCUT2D eigenvalue weighted by Gasteiger charge is -2.29.